The quantitative estimate of drug-likeness (QED) is 0.769. The summed E-state index contributed by atoms with van der Waals surface area (Å²) < 4.78 is 41.7. The minimum atomic E-state index is -4.68. The largest absolute Gasteiger partial charge is 0.412 e. The number of nitrogens with zero attached hydrogens (tertiary/aromatic N) is 5. The first-order chi connectivity index (χ1) is 12.3. The number of carbonyl (C=O) groups is 1. The van der Waals surface area contributed by atoms with E-state index >= 15 is 0 Å². The van der Waals surface area contributed by atoms with Crippen LogP contribution in [0.3, 0.4) is 0 Å². The number of fused-ring (bicyclic) bond motifs is 1. The number of rotatable bonds is 4. The molecule has 1 N–H and O–H groups in total. The predicted octanol–water partition coefficient (Wildman–Crippen LogP) is 2.68. The van der Waals surface area contributed by atoms with Crippen LogP contribution in [0.2, 0.25) is 0 Å². The molecule has 26 heavy (non-hydrogen) atoms. The van der Waals surface area contributed by atoms with Crippen molar-refractivity contribution in [2.45, 2.75) is 32.0 Å². The van der Waals surface area contributed by atoms with E-state index in [-0.39, 0.29) is 23.0 Å². The number of aromatic nitrogens is 5. The molecule has 3 heterocycles. The summed E-state index contributed by atoms with van der Waals surface area (Å²) in [6.07, 6.45) is -0.996. The number of alkyl halides is 3. The van der Waals surface area contributed by atoms with Crippen LogP contribution in [0, 0.1) is 0 Å². The maximum atomic E-state index is 13.4. The zero-order valence-electron chi connectivity index (χ0n) is 13.9. The average Bonchev–Trinajstić information content (AvgIpc) is 3.06. The van der Waals surface area contributed by atoms with E-state index in [1.807, 2.05) is 19.2 Å². The Hall–Kier alpha value is -3.04. The Labute approximate surface area is 146 Å². The standard InChI is InChI=1S/C16H15F3N6O/c1-9(2)12-6-11(23-15-21-8-22-25(12)15)14(26)24-13(16(17,18)19)10-4-3-5-20-7-10/h3-9,13H,1-2H3,(H,24,26). The number of halogens is 3. The zero-order chi connectivity index (χ0) is 18.9. The zero-order valence-corrected chi connectivity index (χ0v) is 13.9. The lowest BCUT2D eigenvalue weighted by Gasteiger charge is -2.21. The minimum absolute atomic E-state index is 0.0366. The molecule has 0 spiro atoms. The summed E-state index contributed by atoms with van der Waals surface area (Å²) in [6.45, 7) is 3.73. The lowest BCUT2D eigenvalue weighted by atomic mass is 10.1. The molecule has 1 unspecified atom stereocenters. The maximum absolute atomic E-state index is 13.4. The molecule has 0 aliphatic rings. The molecule has 3 aromatic rings. The van der Waals surface area contributed by atoms with E-state index in [1.165, 1.54) is 35.2 Å². The summed E-state index contributed by atoms with van der Waals surface area (Å²) in [5.74, 6) is -0.847. The second-order valence-electron chi connectivity index (χ2n) is 5.93. The molecule has 0 fully saturated rings. The van der Waals surface area contributed by atoms with Crippen molar-refractivity contribution in [3.05, 3.63) is 53.9 Å². The van der Waals surface area contributed by atoms with Gasteiger partial charge in [-0.1, -0.05) is 19.9 Å². The molecule has 0 aliphatic heterocycles. The van der Waals surface area contributed by atoms with E-state index in [2.05, 4.69) is 20.1 Å². The summed E-state index contributed by atoms with van der Waals surface area (Å²) in [4.78, 5) is 24.1. The monoisotopic (exact) mass is 364 g/mol. The van der Waals surface area contributed by atoms with Gasteiger partial charge in [0.15, 0.2) is 6.04 Å². The first-order valence-electron chi connectivity index (χ1n) is 7.75. The number of hydrogen-bond acceptors (Lipinski definition) is 5. The predicted molar refractivity (Wildman–Crippen MR) is 85.4 cm³/mol. The normalized spacial score (nSPS) is 13.2. The lowest BCUT2D eigenvalue weighted by Crippen LogP contribution is -2.38. The van der Waals surface area contributed by atoms with Crippen LogP contribution in [0.4, 0.5) is 13.2 Å². The van der Waals surface area contributed by atoms with Crippen LogP contribution in [0.15, 0.2) is 36.9 Å². The first kappa shape index (κ1) is 17.8. The van der Waals surface area contributed by atoms with Crippen molar-refractivity contribution in [2.75, 3.05) is 0 Å². The topological polar surface area (TPSA) is 85.1 Å². The van der Waals surface area contributed by atoms with Crippen LogP contribution in [0.25, 0.3) is 5.78 Å². The Bertz CT molecular complexity index is 923. The Balaban J connectivity index is 1.97. The van der Waals surface area contributed by atoms with E-state index in [1.54, 1.807) is 0 Å². The highest BCUT2D eigenvalue weighted by atomic mass is 19.4. The van der Waals surface area contributed by atoms with Gasteiger partial charge in [-0.05, 0) is 18.1 Å². The third kappa shape index (κ3) is 3.48. The summed E-state index contributed by atoms with van der Waals surface area (Å²) in [5, 5.41) is 6.00. The summed E-state index contributed by atoms with van der Waals surface area (Å²) in [7, 11) is 0. The van der Waals surface area contributed by atoms with Crippen LogP contribution in [-0.2, 0) is 0 Å². The van der Waals surface area contributed by atoms with Gasteiger partial charge in [0.1, 0.15) is 12.0 Å². The molecule has 0 aliphatic carbocycles. The van der Waals surface area contributed by atoms with Gasteiger partial charge in [-0.2, -0.15) is 23.3 Å². The van der Waals surface area contributed by atoms with Crippen LogP contribution in [0.1, 0.15) is 47.6 Å². The number of amides is 1. The van der Waals surface area contributed by atoms with Crippen molar-refractivity contribution in [3.8, 4) is 0 Å². The molecule has 3 rings (SSSR count). The van der Waals surface area contributed by atoms with Crippen molar-refractivity contribution in [3.63, 3.8) is 0 Å². The van der Waals surface area contributed by atoms with Crippen molar-refractivity contribution < 1.29 is 18.0 Å². The lowest BCUT2D eigenvalue weighted by molar-refractivity contribution is -0.155. The van der Waals surface area contributed by atoms with Crippen LogP contribution >= 0.6 is 0 Å². The first-order valence-corrected chi connectivity index (χ1v) is 7.75. The summed E-state index contributed by atoms with van der Waals surface area (Å²) >= 11 is 0. The van der Waals surface area contributed by atoms with Crippen LogP contribution in [-0.4, -0.2) is 36.6 Å². The van der Waals surface area contributed by atoms with Crippen molar-refractivity contribution in [1.82, 2.24) is 29.9 Å². The molecule has 0 aromatic carbocycles. The molecule has 1 amide bonds. The molecular weight excluding hydrogens is 349 g/mol. The molecule has 7 nitrogen and oxygen atoms in total. The van der Waals surface area contributed by atoms with Gasteiger partial charge >= 0.3 is 6.18 Å². The Morgan fingerprint density at radius 1 is 1.31 bits per heavy atom. The maximum Gasteiger partial charge on any atom is 0.412 e. The second kappa shape index (κ2) is 6.70. The molecule has 136 valence electrons. The van der Waals surface area contributed by atoms with Gasteiger partial charge in [0, 0.05) is 18.0 Å². The van der Waals surface area contributed by atoms with Gasteiger partial charge in [-0.15, -0.1) is 0 Å². The highest BCUT2D eigenvalue weighted by molar-refractivity contribution is 5.93. The number of nitrogens with one attached hydrogen (secondary N) is 1. The fourth-order valence-electron chi connectivity index (χ4n) is 2.47. The summed E-state index contributed by atoms with van der Waals surface area (Å²) in [5.41, 5.74) is 0.288. The van der Waals surface area contributed by atoms with Gasteiger partial charge in [0.2, 0.25) is 0 Å². The molecule has 10 heteroatoms. The van der Waals surface area contributed by atoms with Gasteiger partial charge in [0.25, 0.3) is 11.7 Å². The summed E-state index contributed by atoms with van der Waals surface area (Å²) in [6, 6.07) is 1.85. The fourth-order valence-corrected chi connectivity index (χ4v) is 2.47. The minimum Gasteiger partial charge on any atom is -0.335 e. The average molecular weight is 364 g/mol. The van der Waals surface area contributed by atoms with Crippen molar-refractivity contribution >= 4 is 11.7 Å². The van der Waals surface area contributed by atoms with Crippen LogP contribution < -0.4 is 5.32 Å². The highest BCUT2D eigenvalue weighted by Gasteiger charge is 2.42. The molecule has 0 saturated carbocycles. The molecule has 0 bridgehead atoms. The van der Waals surface area contributed by atoms with Gasteiger partial charge in [-0.25, -0.2) is 9.50 Å². The van der Waals surface area contributed by atoms with Crippen LogP contribution in [0.5, 0.6) is 0 Å². The van der Waals surface area contributed by atoms with E-state index in [0.717, 1.165) is 6.20 Å². The van der Waals surface area contributed by atoms with E-state index in [0.29, 0.717) is 5.69 Å². The molecule has 3 aromatic heterocycles. The molecular formula is C16H15F3N6O. The smallest absolute Gasteiger partial charge is 0.335 e. The third-order valence-corrected chi connectivity index (χ3v) is 3.72. The molecule has 0 saturated heterocycles. The molecule has 1 atom stereocenters. The van der Waals surface area contributed by atoms with E-state index in [4.69, 9.17) is 0 Å². The van der Waals surface area contributed by atoms with Gasteiger partial charge in [-0.3, -0.25) is 9.78 Å². The van der Waals surface area contributed by atoms with Gasteiger partial charge < -0.3 is 5.32 Å². The highest BCUT2D eigenvalue weighted by Crippen LogP contribution is 2.32. The van der Waals surface area contributed by atoms with Crippen molar-refractivity contribution in [2.24, 2.45) is 0 Å². The second-order valence-corrected chi connectivity index (χ2v) is 5.93. The number of pyridine rings is 1. The van der Waals surface area contributed by atoms with E-state index in [9.17, 15) is 18.0 Å². The SMILES string of the molecule is CC(C)c1cc(C(=O)NC(c2cccnc2)C(F)(F)F)nc2ncnn12. The van der Waals surface area contributed by atoms with E-state index < -0.39 is 18.1 Å². The Morgan fingerprint density at radius 3 is 2.69 bits per heavy atom. The number of hydrogen-bond donors (Lipinski definition) is 1. The Kier molecular flexibility index (Phi) is 4.58. The Morgan fingerprint density at radius 2 is 2.08 bits per heavy atom. The molecule has 0 radical (unpaired) electrons. The number of carbonyl (C=O) groups excluding carboxylic acids is 1. The third-order valence-electron chi connectivity index (χ3n) is 3.72. The van der Waals surface area contributed by atoms with Crippen molar-refractivity contribution in [1.29, 1.82) is 0 Å². The van der Waals surface area contributed by atoms with Gasteiger partial charge in [0.05, 0.1) is 5.69 Å². The fraction of sp³-hybridized carbons (Fsp3) is 0.312.